The molecule has 0 radical (unpaired) electrons. The standard InChI is InChI=1S/C17H16O4/c18-16(20-13-14-7-3-1-4-8-14)11-12-17(19)21-15-9-5-2-6-10-15/h1-10H,11-13H2. The third-order valence-corrected chi connectivity index (χ3v) is 2.75. The first-order valence-electron chi connectivity index (χ1n) is 6.69. The molecular formula is C17H16O4. The topological polar surface area (TPSA) is 52.6 Å². The average molecular weight is 284 g/mol. The largest absolute Gasteiger partial charge is 0.461 e. The molecular weight excluding hydrogens is 268 g/mol. The van der Waals surface area contributed by atoms with Crippen LogP contribution < -0.4 is 4.74 Å². The van der Waals surface area contributed by atoms with E-state index in [1.54, 1.807) is 24.3 Å². The highest BCUT2D eigenvalue weighted by Gasteiger charge is 2.10. The number of hydrogen-bond acceptors (Lipinski definition) is 4. The molecule has 0 amide bonds. The van der Waals surface area contributed by atoms with Gasteiger partial charge in [0, 0.05) is 0 Å². The van der Waals surface area contributed by atoms with E-state index < -0.39 is 11.9 Å². The van der Waals surface area contributed by atoms with Crippen LogP contribution in [0.3, 0.4) is 0 Å². The summed E-state index contributed by atoms with van der Waals surface area (Å²) in [5, 5.41) is 0. The first-order valence-corrected chi connectivity index (χ1v) is 6.69. The van der Waals surface area contributed by atoms with Crippen molar-refractivity contribution in [2.24, 2.45) is 0 Å². The summed E-state index contributed by atoms with van der Waals surface area (Å²) in [5.41, 5.74) is 0.915. The molecule has 2 rings (SSSR count). The van der Waals surface area contributed by atoms with Gasteiger partial charge in [0.1, 0.15) is 12.4 Å². The Kier molecular flexibility index (Phi) is 5.52. The van der Waals surface area contributed by atoms with E-state index in [0.717, 1.165) is 5.56 Å². The van der Waals surface area contributed by atoms with E-state index in [1.165, 1.54) is 0 Å². The van der Waals surface area contributed by atoms with Crippen LogP contribution in [0.5, 0.6) is 5.75 Å². The molecule has 4 nitrogen and oxygen atoms in total. The second-order valence-corrected chi connectivity index (χ2v) is 4.43. The molecule has 0 aliphatic rings. The third-order valence-electron chi connectivity index (χ3n) is 2.75. The summed E-state index contributed by atoms with van der Waals surface area (Å²) >= 11 is 0. The second kappa shape index (κ2) is 7.85. The molecule has 2 aromatic rings. The maximum absolute atomic E-state index is 11.6. The van der Waals surface area contributed by atoms with Crippen LogP contribution in [0.25, 0.3) is 0 Å². The summed E-state index contributed by atoms with van der Waals surface area (Å²) in [6.45, 7) is 0.216. The number of ether oxygens (including phenoxy) is 2. The highest BCUT2D eigenvalue weighted by Crippen LogP contribution is 2.10. The van der Waals surface area contributed by atoms with Crippen LogP contribution in [0.15, 0.2) is 60.7 Å². The summed E-state index contributed by atoms with van der Waals surface area (Å²) in [7, 11) is 0. The smallest absolute Gasteiger partial charge is 0.311 e. The Hall–Kier alpha value is -2.62. The SMILES string of the molecule is O=C(CCC(=O)Oc1ccccc1)OCc1ccccc1. The van der Waals surface area contributed by atoms with Crippen molar-refractivity contribution in [1.29, 1.82) is 0 Å². The summed E-state index contributed by atoms with van der Waals surface area (Å²) in [5.74, 6) is -0.387. The third kappa shape index (κ3) is 5.48. The molecule has 0 unspecified atom stereocenters. The zero-order valence-corrected chi connectivity index (χ0v) is 11.5. The molecule has 0 aliphatic heterocycles. The zero-order chi connectivity index (χ0) is 14.9. The van der Waals surface area contributed by atoms with Gasteiger partial charge in [0.15, 0.2) is 0 Å². The Balaban J connectivity index is 1.68. The number of para-hydroxylation sites is 1. The normalized spacial score (nSPS) is 9.90. The van der Waals surface area contributed by atoms with E-state index in [9.17, 15) is 9.59 Å². The molecule has 0 bridgehead atoms. The lowest BCUT2D eigenvalue weighted by Gasteiger charge is -2.05. The molecule has 0 atom stereocenters. The van der Waals surface area contributed by atoms with E-state index in [2.05, 4.69) is 0 Å². The average Bonchev–Trinajstić information content (AvgIpc) is 2.53. The molecule has 0 aliphatic carbocycles. The summed E-state index contributed by atoms with van der Waals surface area (Å²) in [4.78, 5) is 23.1. The number of rotatable bonds is 6. The van der Waals surface area contributed by atoms with Crippen LogP contribution in [-0.2, 0) is 20.9 Å². The van der Waals surface area contributed by atoms with Crippen molar-refractivity contribution >= 4 is 11.9 Å². The van der Waals surface area contributed by atoms with Gasteiger partial charge in [-0.2, -0.15) is 0 Å². The van der Waals surface area contributed by atoms with E-state index in [-0.39, 0.29) is 19.4 Å². The molecule has 0 N–H and O–H groups in total. The van der Waals surface area contributed by atoms with Crippen molar-refractivity contribution in [1.82, 2.24) is 0 Å². The minimum absolute atomic E-state index is 0.00250. The monoisotopic (exact) mass is 284 g/mol. The second-order valence-electron chi connectivity index (χ2n) is 4.43. The molecule has 0 heterocycles. The molecule has 0 spiro atoms. The van der Waals surface area contributed by atoms with Crippen molar-refractivity contribution < 1.29 is 19.1 Å². The van der Waals surface area contributed by atoms with Crippen LogP contribution >= 0.6 is 0 Å². The van der Waals surface area contributed by atoms with Crippen LogP contribution in [0, 0.1) is 0 Å². The van der Waals surface area contributed by atoms with Crippen molar-refractivity contribution in [3.63, 3.8) is 0 Å². The number of hydrogen-bond donors (Lipinski definition) is 0. The highest BCUT2D eigenvalue weighted by molar-refractivity contribution is 5.78. The van der Waals surface area contributed by atoms with Gasteiger partial charge in [-0.1, -0.05) is 48.5 Å². The number of esters is 2. The predicted molar refractivity (Wildman–Crippen MR) is 77.5 cm³/mol. The zero-order valence-electron chi connectivity index (χ0n) is 11.5. The number of benzene rings is 2. The first kappa shape index (κ1) is 14.8. The van der Waals surface area contributed by atoms with E-state index >= 15 is 0 Å². The van der Waals surface area contributed by atoms with Gasteiger partial charge in [-0.3, -0.25) is 9.59 Å². The Morgan fingerprint density at radius 1 is 0.762 bits per heavy atom. The molecule has 108 valence electrons. The molecule has 4 heteroatoms. The lowest BCUT2D eigenvalue weighted by atomic mass is 10.2. The maximum Gasteiger partial charge on any atom is 0.311 e. The minimum Gasteiger partial charge on any atom is -0.461 e. The molecule has 21 heavy (non-hydrogen) atoms. The van der Waals surface area contributed by atoms with Gasteiger partial charge in [0.05, 0.1) is 12.8 Å². The van der Waals surface area contributed by atoms with Crippen LogP contribution in [0.2, 0.25) is 0 Å². The lowest BCUT2D eigenvalue weighted by molar-refractivity contribution is -0.148. The summed E-state index contributed by atoms with van der Waals surface area (Å²) in [6, 6.07) is 18.1. The Bertz CT molecular complexity index is 578. The maximum atomic E-state index is 11.6. The quantitative estimate of drug-likeness (QED) is 0.604. The van der Waals surface area contributed by atoms with Gasteiger partial charge in [-0.25, -0.2) is 0 Å². The van der Waals surface area contributed by atoms with Crippen LogP contribution in [-0.4, -0.2) is 11.9 Å². The van der Waals surface area contributed by atoms with Crippen molar-refractivity contribution in [3.8, 4) is 5.75 Å². The van der Waals surface area contributed by atoms with Gasteiger partial charge >= 0.3 is 11.9 Å². The van der Waals surface area contributed by atoms with E-state index in [4.69, 9.17) is 9.47 Å². The molecule has 0 fully saturated rings. The van der Waals surface area contributed by atoms with Crippen molar-refractivity contribution in [3.05, 3.63) is 66.2 Å². The predicted octanol–water partition coefficient (Wildman–Crippen LogP) is 3.12. The Morgan fingerprint density at radius 3 is 2.00 bits per heavy atom. The van der Waals surface area contributed by atoms with E-state index in [1.807, 2.05) is 36.4 Å². The molecule has 0 aromatic heterocycles. The van der Waals surface area contributed by atoms with Gasteiger partial charge in [0.25, 0.3) is 0 Å². The summed E-state index contributed by atoms with van der Waals surface area (Å²) < 4.78 is 10.2. The number of carbonyl (C=O) groups is 2. The van der Waals surface area contributed by atoms with Crippen molar-refractivity contribution in [2.45, 2.75) is 19.4 Å². The lowest BCUT2D eigenvalue weighted by Crippen LogP contribution is -2.12. The first-order chi connectivity index (χ1) is 10.2. The molecule has 0 saturated heterocycles. The van der Waals surface area contributed by atoms with Crippen molar-refractivity contribution in [2.75, 3.05) is 0 Å². The van der Waals surface area contributed by atoms with Gasteiger partial charge in [-0.05, 0) is 17.7 Å². The Labute approximate surface area is 123 Å². The minimum atomic E-state index is -0.446. The van der Waals surface area contributed by atoms with E-state index in [0.29, 0.717) is 5.75 Å². The Morgan fingerprint density at radius 2 is 1.33 bits per heavy atom. The fourth-order valence-corrected chi connectivity index (χ4v) is 1.69. The number of carbonyl (C=O) groups excluding carboxylic acids is 2. The fourth-order valence-electron chi connectivity index (χ4n) is 1.69. The summed E-state index contributed by atoms with van der Waals surface area (Å²) in [6.07, 6.45) is 0.0149. The fraction of sp³-hybridized carbons (Fsp3) is 0.176. The highest BCUT2D eigenvalue weighted by atomic mass is 16.5. The van der Waals surface area contributed by atoms with Crippen LogP contribution in [0.1, 0.15) is 18.4 Å². The van der Waals surface area contributed by atoms with Gasteiger partial charge in [0.2, 0.25) is 0 Å². The van der Waals surface area contributed by atoms with Gasteiger partial charge < -0.3 is 9.47 Å². The molecule has 0 saturated carbocycles. The van der Waals surface area contributed by atoms with Gasteiger partial charge in [-0.15, -0.1) is 0 Å². The molecule has 2 aromatic carbocycles. The van der Waals surface area contributed by atoms with Crippen LogP contribution in [0.4, 0.5) is 0 Å².